The van der Waals surface area contributed by atoms with Crippen LogP contribution in [0, 0.1) is 12.8 Å². The lowest BCUT2D eigenvalue weighted by Gasteiger charge is -2.36. The van der Waals surface area contributed by atoms with Crippen molar-refractivity contribution >= 4 is 5.91 Å². The molecule has 2 saturated heterocycles. The van der Waals surface area contributed by atoms with Gasteiger partial charge in [0.15, 0.2) is 5.69 Å². The average Bonchev–Trinajstić information content (AvgIpc) is 2.91. The SMILES string of the molecule is Cc1c(C(=O)N2CC(C)CCC2C)nnn1C1CCNCC1. The van der Waals surface area contributed by atoms with Gasteiger partial charge in [0.25, 0.3) is 5.91 Å². The van der Waals surface area contributed by atoms with Crippen molar-refractivity contribution in [3.63, 3.8) is 0 Å². The van der Waals surface area contributed by atoms with Gasteiger partial charge in [0.2, 0.25) is 0 Å². The Morgan fingerprint density at radius 1 is 1.18 bits per heavy atom. The van der Waals surface area contributed by atoms with Crippen LogP contribution in [0.2, 0.25) is 0 Å². The second-order valence-corrected chi connectivity index (χ2v) is 6.94. The van der Waals surface area contributed by atoms with Crippen LogP contribution in [0.15, 0.2) is 0 Å². The van der Waals surface area contributed by atoms with Gasteiger partial charge in [0.05, 0.1) is 11.7 Å². The summed E-state index contributed by atoms with van der Waals surface area (Å²) in [6.45, 7) is 9.18. The number of aromatic nitrogens is 3. The van der Waals surface area contributed by atoms with Gasteiger partial charge >= 0.3 is 0 Å². The molecule has 0 spiro atoms. The molecule has 2 aliphatic heterocycles. The lowest BCUT2D eigenvalue weighted by Crippen LogP contribution is -2.45. The number of amides is 1. The standard InChI is InChI=1S/C16H27N5O/c1-11-4-5-12(2)20(10-11)16(22)15-13(3)21(19-18-15)14-6-8-17-9-7-14/h11-12,14,17H,4-10H2,1-3H3. The zero-order valence-electron chi connectivity index (χ0n) is 13.9. The Bertz CT molecular complexity index is 535. The van der Waals surface area contributed by atoms with Crippen LogP contribution < -0.4 is 5.32 Å². The second kappa shape index (κ2) is 6.36. The van der Waals surface area contributed by atoms with Crippen LogP contribution in [0.25, 0.3) is 0 Å². The minimum atomic E-state index is 0.0525. The van der Waals surface area contributed by atoms with E-state index in [4.69, 9.17) is 0 Å². The molecule has 6 heteroatoms. The summed E-state index contributed by atoms with van der Waals surface area (Å²) in [6, 6.07) is 0.667. The van der Waals surface area contributed by atoms with E-state index in [0.717, 1.165) is 44.6 Å². The molecule has 6 nitrogen and oxygen atoms in total. The first kappa shape index (κ1) is 15.5. The first-order valence-electron chi connectivity index (χ1n) is 8.51. The Labute approximate surface area is 132 Å². The average molecular weight is 305 g/mol. The minimum absolute atomic E-state index is 0.0525. The van der Waals surface area contributed by atoms with Gasteiger partial charge in [-0.05, 0) is 58.5 Å². The molecule has 1 aromatic rings. The summed E-state index contributed by atoms with van der Waals surface area (Å²) in [5.74, 6) is 0.622. The fraction of sp³-hybridized carbons (Fsp3) is 0.812. The highest BCUT2D eigenvalue weighted by Gasteiger charge is 2.31. The third-order valence-electron chi connectivity index (χ3n) is 5.16. The first-order valence-corrected chi connectivity index (χ1v) is 8.51. The molecule has 2 aliphatic rings. The van der Waals surface area contributed by atoms with Crippen molar-refractivity contribution < 1.29 is 4.79 Å². The third-order valence-corrected chi connectivity index (χ3v) is 5.16. The maximum atomic E-state index is 12.9. The number of carbonyl (C=O) groups is 1. The number of nitrogens with one attached hydrogen (secondary N) is 1. The first-order chi connectivity index (χ1) is 10.6. The molecule has 3 rings (SSSR count). The Kier molecular flexibility index (Phi) is 4.47. The second-order valence-electron chi connectivity index (χ2n) is 6.94. The van der Waals surface area contributed by atoms with Crippen molar-refractivity contribution in [2.45, 2.75) is 58.5 Å². The smallest absolute Gasteiger partial charge is 0.276 e. The number of carbonyl (C=O) groups excluding carboxylic acids is 1. The fourth-order valence-electron chi connectivity index (χ4n) is 3.64. The molecule has 0 radical (unpaired) electrons. The molecule has 0 bridgehead atoms. The Morgan fingerprint density at radius 3 is 2.64 bits per heavy atom. The van der Waals surface area contributed by atoms with Gasteiger partial charge < -0.3 is 10.2 Å². The van der Waals surface area contributed by atoms with Crippen molar-refractivity contribution in [1.29, 1.82) is 0 Å². The zero-order valence-corrected chi connectivity index (χ0v) is 13.9. The van der Waals surface area contributed by atoms with E-state index in [1.54, 1.807) is 0 Å². The molecule has 0 aromatic carbocycles. The molecule has 2 unspecified atom stereocenters. The topological polar surface area (TPSA) is 63.1 Å². The highest BCUT2D eigenvalue weighted by Crippen LogP contribution is 2.25. The van der Waals surface area contributed by atoms with E-state index in [1.807, 2.05) is 16.5 Å². The molecule has 0 saturated carbocycles. The maximum Gasteiger partial charge on any atom is 0.276 e. The van der Waals surface area contributed by atoms with E-state index in [0.29, 0.717) is 23.7 Å². The van der Waals surface area contributed by atoms with E-state index in [1.165, 1.54) is 6.42 Å². The lowest BCUT2D eigenvalue weighted by molar-refractivity contribution is 0.0567. The normalized spacial score (nSPS) is 27.1. The van der Waals surface area contributed by atoms with Crippen LogP contribution >= 0.6 is 0 Å². The Hall–Kier alpha value is -1.43. The van der Waals surface area contributed by atoms with Gasteiger partial charge in [-0.25, -0.2) is 4.68 Å². The zero-order chi connectivity index (χ0) is 15.7. The molecule has 1 N–H and O–H groups in total. The summed E-state index contributed by atoms with van der Waals surface area (Å²) < 4.78 is 1.96. The van der Waals surface area contributed by atoms with Crippen LogP contribution in [0.1, 0.15) is 61.8 Å². The highest BCUT2D eigenvalue weighted by atomic mass is 16.2. The lowest BCUT2D eigenvalue weighted by atomic mass is 9.94. The van der Waals surface area contributed by atoms with Crippen molar-refractivity contribution in [3.8, 4) is 0 Å². The van der Waals surface area contributed by atoms with E-state index >= 15 is 0 Å². The quantitative estimate of drug-likeness (QED) is 0.904. The van der Waals surface area contributed by atoms with E-state index in [9.17, 15) is 4.79 Å². The van der Waals surface area contributed by atoms with Crippen LogP contribution in [-0.2, 0) is 0 Å². The molecule has 1 amide bonds. The van der Waals surface area contributed by atoms with Gasteiger partial charge in [0.1, 0.15) is 0 Å². The van der Waals surface area contributed by atoms with Gasteiger partial charge in [0, 0.05) is 12.6 Å². The van der Waals surface area contributed by atoms with Crippen LogP contribution in [-0.4, -0.2) is 51.5 Å². The summed E-state index contributed by atoms with van der Waals surface area (Å²) >= 11 is 0. The molecule has 2 atom stereocenters. The number of nitrogens with zero attached hydrogens (tertiary/aromatic N) is 4. The summed E-state index contributed by atoms with van der Waals surface area (Å²) in [7, 11) is 0. The Balaban J connectivity index is 1.79. The third kappa shape index (κ3) is 2.89. The highest BCUT2D eigenvalue weighted by molar-refractivity contribution is 5.93. The predicted octanol–water partition coefficient (Wildman–Crippen LogP) is 1.77. The molecule has 2 fully saturated rings. The fourth-order valence-corrected chi connectivity index (χ4v) is 3.64. The van der Waals surface area contributed by atoms with Gasteiger partial charge in [-0.1, -0.05) is 12.1 Å². The summed E-state index contributed by atoms with van der Waals surface area (Å²) in [6.07, 6.45) is 4.38. The molecule has 122 valence electrons. The largest absolute Gasteiger partial charge is 0.334 e. The molecular formula is C16H27N5O. The van der Waals surface area contributed by atoms with Gasteiger partial charge in [-0.3, -0.25) is 4.79 Å². The van der Waals surface area contributed by atoms with Crippen LogP contribution in [0.3, 0.4) is 0 Å². The Morgan fingerprint density at radius 2 is 1.91 bits per heavy atom. The molecular weight excluding hydrogens is 278 g/mol. The van der Waals surface area contributed by atoms with Crippen LogP contribution in [0.4, 0.5) is 0 Å². The summed E-state index contributed by atoms with van der Waals surface area (Å²) in [5.41, 5.74) is 1.46. The number of hydrogen-bond donors (Lipinski definition) is 1. The van der Waals surface area contributed by atoms with Gasteiger partial charge in [-0.2, -0.15) is 0 Å². The summed E-state index contributed by atoms with van der Waals surface area (Å²) in [4.78, 5) is 14.9. The minimum Gasteiger partial charge on any atom is -0.334 e. The summed E-state index contributed by atoms with van der Waals surface area (Å²) in [5, 5.41) is 11.9. The molecule has 22 heavy (non-hydrogen) atoms. The van der Waals surface area contributed by atoms with Crippen molar-refractivity contribution in [1.82, 2.24) is 25.2 Å². The van der Waals surface area contributed by atoms with Crippen LogP contribution in [0.5, 0.6) is 0 Å². The van der Waals surface area contributed by atoms with E-state index < -0.39 is 0 Å². The maximum absolute atomic E-state index is 12.9. The van der Waals surface area contributed by atoms with E-state index in [2.05, 4.69) is 29.5 Å². The molecule has 3 heterocycles. The number of likely N-dealkylation sites (tertiary alicyclic amines) is 1. The number of hydrogen-bond acceptors (Lipinski definition) is 4. The predicted molar refractivity (Wildman–Crippen MR) is 84.8 cm³/mol. The van der Waals surface area contributed by atoms with E-state index in [-0.39, 0.29) is 5.91 Å². The number of rotatable bonds is 2. The van der Waals surface area contributed by atoms with Gasteiger partial charge in [-0.15, -0.1) is 5.10 Å². The molecule has 1 aromatic heterocycles. The molecule has 0 aliphatic carbocycles. The van der Waals surface area contributed by atoms with Crippen molar-refractivity contribution in [3.05, 3.63) is 11.4 Å². The number of piperidine rings is 2. The van der Waals surface area contributed by atoms with Crippen molar-refractivity contribution in [2.24, 2.45) is 5.92 Å². The van der Waals surface area contributed by atoms with Crippen molar-refractivity contribution in [2.75, 3.05) is 19.6 Å². The monoisotopic (exact) mass is 305 g/mol.